The van der Waals surface area contributed by atoms with Gasteiger partial charge in [0.05, 0.1) is 6.42 Å². The predicted molar refractivity (Wildman–Crippen MR) is 89.5 cm³/mol. The fraction of sp³-hybridized carbons (Fsp3) is 0.176. The standard InChI is InChI=1S/C17H14BrClO3/c18-15(12-4-2-1-3-5-12)10-17(21)22-11-16(20)13-6-8-14(19)9-7-13/h1-9,15H,10-11H2. The number of hydrogen-bond donors (Lipinski definition) is 0. The highest BCUT2D eigenvalue weighted by atomic mass is 79.9. The van der Waals surface area contributed by atoms with Gasteiger partial charge < -0.3 is 4.74 Å². The van der Waals surface area contributed by atoms with Gasteiger partial charge in [-0.05, 0) is 29.8 Å². The second kappa shape index (κ2) is 8.11. The summed E-state index contributed by atoms with van der Waals surface area (Å²) < 4.78 is 5.03. The van der Waals surface area contributed by atoms with Crippen molar-refractivity contribution in [1.29, 1.82) is 0 Å². The number of carbonyl (C=O) groups is 2. The summed E-state index contributed by atoms with van der Waals surface area (Å²) in [6.45, 7) is -0.269. The lowest BCUT2D eigenvalue weighted by molar-refractivity contribution is -0.142. The summed E-state index contributed by atoms with van der Waals surface area (Å²) in [5.41, 5.74) is 1.46. The Morgan fingerprint density at radius 1 is 1.05 bits per heavy atom. The molecule has 0 spiro atoms. The molecule has 0 fully saturated rings. The van der Waals surface area contributed by atoms with E-state index in [9.17, 15) is 9.59 Å². The van der Waals surface area contributed by atoms with Crippen LogP contribution in [-0.4, -0.2) is 18.4 Å². The monoisotopic (exact) mass is 380 g/mol. The third kappa shape index (κ3) is 4.97. The van der Waals surface area contributed by atoms with Crippen molar-refractivity contribution >= 4 is 39.3 Å². The van der Waals surface area contributed by atoms with E-state index >= 15 is 0 Å². The molecule has 0 aliphatic carbocycles. The maximum Gasteiger partial charge on any atom is 0.307 e. The van der Waals surface area contributed by atoms with Crippen molar-refractivity contribution < 1.29 is 14.3 Å². The van der Waals surface area contributed by atoms with Crippen LogP contribution in [0.3, 0.4) is 0 Å². The van der Waals surface area contributed by atoms with Crippen LogP contribution < -0.4 is 0 Å². The molecule has 0 aliphatic rings. The summed E-state index contributed by atoms with van der Waals surface area (Å²) in [5.74, 6) is -0.677. The molecule has 5 heteroatoms. The average molecular weight is 382 g/mol. The molecule has 1 unspecified atom stereocenters. The highest BCUT2D eigenvalue weighted by Gasteiger charge is 2.15. The molecule has 0 saturated heterocycles. The van der Waals surface area contributed by atoms with Gasteiger partial charge in [0.2, 0.25) is 0 Å². The van der Waals surface area contributed by atoms with Gasteiger partial charge in [0.25, 0.3) is 0 Å². The lowest BCUT2D eigenvalue weighted by atomic mass is 10.1. The smallest absolute Gasteiger partial charge is 0.307 e. The third-order valence-electron chi connectivity index (χ3n) is 3.04. The summed E-state index contributed by atoms with van der Waals surface area (Å²) >= 11 is 9.20. The van der Waals surface area contributed by atoms with Crippen LogP contribution in [0, 0.1) is 0 Å². The summed E-state index contributed by atoms with van der Waals surface area (Å²) in [4.78, 5) is 23.5. The minimum Gasteiger partial charge on any atom is -0.457 e. The molecule has 2 rings (SSSR count). The Bertz CT molecular complexity index is 641. The Hall–Kier alpha value is -1.65. The first kappa shape index (κ1) is 16.7. The SMILES string of the molecule is O=C(CC(Br)c1ccccc1)OCC(=O)c1ccc(Cl)cc1. The lowest BCUT2D eigenvalue weighted by Gasteiger charge is -2.10. The van der Waals surface area contributed by atoms with Gasteiger partial charge in [-0.15, -0.1) is 0 Å². The fourth-order valence-corrected chi connectivity index (χ4v) is 2.55. The number of benzene rings is 2. The molecule has 3 nitrogen and oxygen atoms in total. The topological polar surface area (TPSA) is 43.4 Å². The maximum absolute atomic E-state index is 11.9. The second-order valence-corrected chi connectivity index (χ2v) is 6.21. The van der Waals surface area contributed by atoms with E-state index < -0.39 is 5.97 Å². The van der Waals surface area contributed by atoms with E-state index in [1.54, 1.807) is 24.3 Å². The zero-order valence-electron chi connectivity index (χ0n) is 11.7. The van der Waals surface area contributed by atoms with Gasteiger partial charge in [-0.2, -0.15) is 0 Å². The number of ketones is 1. The normalized spacial score (nSPS) is 11.7. The molecule has 0 saturated carbocycles. The number of rotatable bonds is 6. The third-order valence-corrected chi connectivity index (χ3v) is 4.14. The second-order valence-electron chi connectivity index (χ2n) is 4.67. The van der Waals surface area contributed by atoms with Crippen LogP contribution in [0.25, 0.3) is 0 Å². The lowest BCUT2D eigenvalue weighted by Crippen LogP contribution is -2.15. The minimum absolute atomic E-state index is 0.133. The van der Waals surface area contributed by atoms with E-state index in [4.69, 9.17) is 16.3 Å². The predicted octanol–water partition coefficient (Wildman–Crippen LogP) is 4.59. The van der Waals surface area contributed by atoms with Gasteiger partial charge in [0.15, 0.2) is 12.4 Å². The first-order chi connectivity index (χ1) is 10.6. The summed E-state index contributed by atoms with van der Waals surface area (Å²) in [7, 11) is 0. The van der Waals surface area contributed by atoms with Crippen molar-refractivity contribution in [2.24, 2.45) is 0 Å². The van der Waals surface area contributed by atoms with E-state index in [1.165, 1.54) is 0 Å². The number of alkyl halides is 1. The minimum atomic E-state index is -0.423. The summed E-state index contributed by atoms with van der Waals surface area (Å²) in [6, 6.07) is 16.0. The molecule has 0 radical (unpaired) electrons. The molecular weight excluding hydrogens is 368 g/mol. The van der Waals surface area contributed by atoms with Crippen molar-refractivity contribution in [1.82, 2.24) is 0 Å². The number of halogens is 2. The molecule has 0 aromatic heterocycles. The molecule has 2 aromatic carbocycles. The van der Waals surface area contributed by atoms with E-state index in [1.807, 2.05) is 30.3 Å². The fourth-order valence-electron chi connectivity index (χ4n) is 1.85. The highest BCUT2D eigenvalue weighted by molar-refractivity contribution is 9.09. The first-order valence-electron chi connectivity index (χ1n) is 6.69. The number of hydrogen-bond acceptors (Lipinski definition) is 3. The van der Waals surface area contributed by atoms with Crippen molar-refractivity contribution in [3.63, 3.8) is 0 Å². The molecule has 1 atom stereocenters. The molecule has 0 N–H and O–H groups in total. The quantitative estimate of drug-likeness (QED) is 0.417. The van der Waals surface area contributed by atoms with Crippen LogP contribution in [0.5, 0.6) is 0 Å². The zero-order chi connectivity index (χ0) is 15.9. The molecule has 114 valence electrons. The van der Waals surface area contributed by atoms with E-state index in [0.29, 0.717) is 10.6 Å². The van der Waals surface area contributed by atoms with E-state index in [0.717, 1.165) is 5.56 Å². The van der Waals surface area contributed by atoms with Crippen molar-refractivity contribution in [3.05, 3.63) is 70.7 Å². The van der Waals surface area contributed by atoms with Crippen LogP contribution in [0.1, 0.15) is 27.2 Å². The van der Waals surface area contributed by atoms with E-state index in [2.05, 4.69) is 15.9 Å². The Morgan fingerprint density at radius 2 is 1.68 bits per heavy atom. The van der Waals surface area contributed by atoms with Gasteiger partial charge >= 0.3 is 5.97 Å². The Kier molecular flexibility index (Phi) is 6.16. The zero-order valence-corrected chi connectivity index (χ0v) is 14.0. The summed E-state index contributed by atoms with van der Waals surface area (Å²) in [6.07, 6.45) is 0.165. The Morgan fingerprint density at radius 3 is 2.32 bits per heavy atom. The van der Waals surface area contributed by atoms with Gasteiger partial charge in [0.1, 0.15) is 0 Å². The van der Waals surface area contributed by atoms with Crippen LogP contribution in [-0.2, 0) is 9.53 Å². The number of esters is 1. The molecule has 0 bridgehead atoms. The van der Waals surface area contributed by atoms with Crippen LogP contribution in [0.4, 0.5) is 0 Å². The molecule has 2 aromatic rings. The molecule has 0 aliphatic heterocycles. The largest absolute Gasteiger partial charge is 0.457 e. The number of Topliss-reactive ketones (excluding diaryl/α,β-unsaturated/α-hetero) is 1. The molecule has 0 amide bonds. The van der Waals surface area contributed by atoms with Gasteiger partial charge in [-0.25, -0.2) is 0 Å². The van der Waals surface area contributed by atoms with Crippen molar-refractivity contribution in [2.45, 2.75) is 11.2 Å². The Balaban J connectivity index is 1.82. The van der Waals surface area contributed by atoms with Crippen LogP contribution in [0.15, 0.2) is 54.6 Å². The number of carbonyl (C=O) groups excluding carboxylic acids is 2. The first-order valence-corrected chi connectivity index (χ1v) is 7.99. The van der Waals surface area contributed by atoms with Gasteiger partial charge in [-0.1, -0.05) is 57.9 Å². The maximum atomic E-state index is 11.9. The van der Waals surface area contributed by atoms with Crippen molar-refractivity contribution in [2.75, 3.05) is 6.61 Å². The number of ether oxygens (including phenoxy) is 1. The summed E-state index contributed by atoms with van der Waals surface area (Å²) in [5, 5.41) is 0.554. The van der Waals surface area contributed by atoms with Crippen LogP contribution in [0.2, 0.25) is 5.02 Å². The molecule has 0 heterocycles. The van der Waals surface area contributed by atoms with Crippen LogP contribution >= 0.6 is 27.5 Å². The van der Waals surface area contributed by atoms with E-state index in [-0.39, 0.29) is 23.6 Å². The molecule has 22 heavy (non-hydrogen) atoms. The van der Waals surface area contributed by atoms with Gasteiger partial charge in [0, 0.05) is 15.4 Å². The average Bonchev–Trinajstić information content (AvgIpc) is 2.54. The molecular formula is C17H14BrClO3. The van der Waals surface area contributed by atoms with Crippen molar-refractivity contribution in [3.8, 4) is 0 Å². The Labute approximate surface area is 142 Å². The van der Waals surface area contributed by atoms with Gasteiger partial charge in [-0.3, -0.25) is 9.59 Å². The highest BCUT2D eigenvalue weighted by Crippen LogP contribution is 2.26.